The molecule has 0 aromatic rings. The van der Waals surface area contributed by atoms with Crippen LogP contribution in [0, 0.1) is 5.92 Å². The summed E-state index contributed by atoms with van der Waals surface area (Å²) in [5.74, 6) is 0.681. The largest absolute Gasteiger partial charge is 0.375 e. The van der Waals surface area contributed by atoms with Crippen molar-refractivity contribution in [1.82, 2.24) is 0 Å². The SMILES string of the molecule is [B]C(C)(C)CCOC(C)(CC)CC(C)C. The molecule has 0 heterocycles. The molecular weight excluding hydrogens is 183 g/mol. The second-order valence-electron chi connectivity index (χ2n) is 5.99. The van der Waals surface area contributed by atoms with Gasteiger partial charge in [0.2, 0.25) is 0 Å². The molecule has 1 atom stereocenters. The Morgan fingerprint density at radius 3 is 2.07 bits per heavy atom. The van der Waals surface area contributed by atoms with Crippen molar-refractivity contribution < 1.29 is 4.74 Å². The highest BCUT2D eigenvalue weighted by atomic mass is 16.5. The first-order valence-corrected chi connectivity index (χ1v) is 6.11. The molecule has 15 heavy (non-hydrogen) atoms. The Hall–Kier alpha value is 0.0249. The zero-order chi connectivity index (χ0) is 12.1. The molecule has 0 spiro atoms. The second-order valence-corrected chi connectivity index (χ2v) is 5.99. The van der Waals surface area contributed by atoms with Crippen molar-refractivity contribution in [3.63, 3.8) is 0 Å². The van der Waals surface area contributed by atoms with Crippen molar-refractivity contribution >= 4 is 7.85 Å². The molecule has 1 nitrogen and oxygen atoms in total. The first-order valence-electron chi connectivity index (χ1n) is 6.11. The predicted molar refractivity (Wildman–Crippen MR) is 68.5 cm³/mol. The van der Waals surface area contributed by atoms with E-state index in [-0.39, 0.29) is 10.9 Å². The predicted octanol–water partition coefficient (Wildman–Crippen LogP) is 3.97. The Morgan fingerprint density at radius 1 is 1.20 bits per heavy atom. The third-order valence-corrected chi connectivity index (χ3v) is 2.78. The quantitative estimate of drug-likeness (QED) is 0.577. The van der Waals surface area contributed by atoms with E-state index in [1.807, 2.05) is 13.8 Å². The summed E-state index contributed by atoms with van der Waals surface area (Å²) in [6.07, 6.45) is 3.10. The standard InChI is InChI=1S/C13H27BO/c1-7-13(6,10-11(2)3)15-9-8-12(4,5)14/h11H,7-10H2,1-6H3. The first kappa shape index (κ1) is 15.0. The Labute approximate surface area is 97.4 Å². The van der Waals surface area contributed by atoms with Crippen LogP contribution in [0.2, 0.25) is 5.31 Å². The molecule has 2 heteroatoms. The molecule has 0 amide bonds. The van der Waals surface area contributed by atoms with Crippen LogP contribution in [-0.4, -0.2) is 20.1 Å². The van der Waals surface area contributed by atoms with Gasteiger partial charge in [-0.1, -0.05) is 39.9 Å². The minimum Gasteiger partial charge on any atom is -0.375 e. The maximum Gasteiger partial charge on any atom is 0.0739 e. The lowest BCUT2D eigenvalue weighted by Gasteiger charge is -2.32. The molecule has 88 valence electrons. The van der Waals surface area contributed by atoms with E-state index >= 15 is 0 Å². The average molecular weight is 210 g/mol. The molecule has 0 bridgehead atoms. The molecule has 0 fully saturated rings. The van der Waals surface area contributed by atoms with Crippen molar-refractivity contribution in [2.45, 2.75) is 71.7 Å². The Balaban J connectivity index is 3.99. The van der Waals surface area contributed by atoms with E-state index in [1.165, 1.54) is 0 Å². The van der Waals surface area contributed by atoms with Gasteiger partial charge in [0.15, 0.2) is 0 Å². The van der Waals surface area contributed by atoms with E-state index in [9.17, 15) is 0 Å². The maximum atomic E-state index is 5.99. The highest BCUT2D eigenvalue weighted by Crippen LogP contribution is 2.28. The molecule has 0 aliphatic heterocycles. The van der Waals surface area contributed by atoms with Crippen molar-refractivity contribution in [3.8, 4) is 0 Å². The van der Waals surface area contributed by atoms with Gasteiger partial charge < -0.3 is 4.74 Å². The fraction of sp³-hybridized carbons (Fsp3) is 1.00. The summed E-state index contributed by atoms with van der Waals surface area (Å²) in [6.45, 7) is 13.7. The number of hydrogen-bond donors (Lipinski definition) is 0. The molecule has 0 aliphatic carbocycles. The average Bonchev–Trinajstić information content (AvgIpc) is 2.00. The van der Waals surface area contributed by atoms with Crippen LogP contribution in [0.4, 0.5) is 0 Å². The van der Waals surface area contributed by atoms with Crippen molar-refractivity contribution in [3.05, 3.63) is 0 Å². The van der Waals surface area contributed by atoms with Crippen LogP contribution in [0.5, 0.6) is 0 Å². The van der Waals surface area contributed by atoms with Crippen LogP contribution in [0.25, 0.3) is 0 Å². The molecule has 0 aliphatic rings. The Morgan fingerprint density at radius 2 is 1.73 bits per heavy atom. The monoisotopic (exact) mass is 210 g/mol. The van der Waals surface area contributed by atoms with Crippen LogP contribution in [0.15, 0.2) is 0 Å². The van der Waals surface area contributed by atoms with Gasteiger partial charge >= 0.3 is 0 Å². The fourth-order valence-corrected chi connectivity index (χ4v) is 1.73. The van der Waals surface area contributed by atoms with E-state index in [4.69, 9.17) is 12.6 Å². The van der Waals surface area contributed by atoms with Gasteiger partial charge in [0, 0.05) is 6.61 Å². The van der Waals surface area contributed by atoms with Gasteiger partial charge in [0.25, 0.3) is 0 Å². The molecule has 0 saturated carbocycles. The van der Waals surface area contributed by atoms with Crippen LogP contribution in [0.3, 0.4) is 0 Å². The highest BCUT2D eigenvalue weighted by Gasteiger charge is 2.24. The van der Waals surface area contributed by atoms with E-state index < -0.39 is 0 Å². The van der Waals surface area contributed by atoms with Crippen LogP contribution >= 0.6 is 0 Å². The van der Waals surface area contributed by atoms with E-state index in [0.717, 1.165) is 25.9 Å². The van der Waals surface area contributed by atoms with Gasteiger partial charge in [-0.05, 0) is 32.1 Å². The number of rotatable bonds is 7. The topological polar surface area (TPSA) is 9.23 Å². The van der Waals surface area contributed by atoms with Gasteiger partial charge in [-0.2, -0.15) is 0 Å². The third-order valence-electron chi connectivity index (χ3n) is 2.78. The van der Waals surface area contributed by atoms with Crippen molar-refractivity contribution in [1.29, 1.82) is 0 Å². The minimum absolute atomic E-state index is 0.0272. The van der Waals surface area contributed by atoms with Crippen LogP contribution in [-0.2, 0) is 4.74 Å². The maximum absolute atomic E-state index is 5.99. The summed E-state index contributed by atoms with van der Waals surface area (Å²) in [6, 6.07) is 0. The summed E-state index contributed by atoms with van der Waals surface area (Å²) in [5.41, 5.74) is 0.0272. The highest BCUT2D eigenvalue weighted by molar-refractivity contribution is 6.14. The molecule has 0 N–H and O–H groups in total. The van der Waals surface area contributed by atoms with Gasteiger partial charge in [-0.15, -0.1) is 0 Å². The van der Waals surface area contributed by atoms with Crippen LogP contribution in [0.1, 0.15) is 60.8 Å². The zero-order valence-corrected chi connectivity index (χ0v) is 11.4. The van der Waals surface area contributed by atoms with E-state index in [0.29, 0.717) is 5.92 Å². The van der Waals surface area contributed by atoms with E-state index in [2.05, 4.69) is 27.7 Å². The molecule has 0 rings (SSSR count). The molecule has 1 unspecified atom stereocenters. The molecule has 0 saturated heterocycles. The minimum atomic E-state index is -0.119. The van der Waals surface area contributed by atoms with Crippen molar-refractivity contribution in [2.75, 3.05) is 6.61 Å². The summed E-state index contributed by atoms with van der Waals surface area (Å²) < 4.78 is 5.99. The smallest absolute Gasteiger partial charge is 0.0739 e. The fourth-order valence-electron chi connectivity index (χ4n) is 1.73. The van der Waals surface area contributed by atoms with Gasteiger partial charge in [0.1, 0.15) is 0 Å². The third kappa shape index (κ3) is 7.90. The Bertz CT molecular complexity index is 172. The molecular formula is C13H27BO. The lowest BCUT2D eigenvalue weighted by atomic mass is 9.70. The zero-order valence-electron chi connectivity index (χ0n) is 11.4. The van der Waals surface area contributed by atoms with Gasteiger partial charge in [-0.25, -0.2) is 0 Å². The lowest BCUT2D eigenvalue weighted by molar-refractivity contribution is -0.0510. The summed E-state index contributed by atoms with van der Waals surface area (Å²) in [5, 5.41) is -0.119. The van der Waals surface area contributed by atoms with Gasteiger partial charge in [-0.3, -0.25) is 0 Å². The molecule has 0 aromatic carbocycles. The molecule has 2 radical (unpaired) electrons. The normalized spacial score (nSPS) is 16.7. The Kier molecular flexibility index (Phi) is 5.94. The summed E-state index contributed by atoms with van der Waals surface area (Å²) in [4.78, 5) is 0. The number of hydrogen-bond acceptors (Lipinski definition) is 1. The van der Waals surface area contributed by atoms with Gasteiger partial charge in [0.05, 0.1) is 13.4 Å². The first-order chi connectivity index (χ1) is 6.68. The lowest BCUT2D eigenvalue weighted by Crippen LogP contribution is -2.30. The molecule has 0 aromatic heterocycles. The van der Waals surface area contributed by atoms with Crippen molar-refractivity contribution in [2.24, 2.45) is 5.92 Å². The summed E-state index contributed by atoms with van der Waals surface area (Å²) >= 11 is 0. The second kappa shape index (κ2) is 5.93. The number of ether oxygens (including phenoxy) is 1. The van der Waals surface area contributed by atoms with Crippen LogP contribution < -0.4 is 0 Å². The van der Waals surface area contributed by atoms with E-state index in [1.54, 1.807) is 0 Å². The summed E-state index contributed by atoms with van der Waals surface area (Å²) in [7, 11) is 5.93.